The van der Waals surface area contributed by atoms with Crippen LogP contribution in [0.15, 0.2) is 72.8 Å². The summed E-state index contributed by atoms with van der Waals surface area (Å²) in [6.07, 6.45) is 0. The quantitative estimate of drug-likeness (QED) is 0.476. The molecule has 2 heteroatoms. The van der Waals surface area contributed by atoms with E-state index in [0.29, 0.717) is 5.69 Å². The predicted octanol–water partition coefficient (Wildman–Crippen LogP) is 5.63. The third-order valence-corrected chi connectivity index (χ3v) is 5.53. The molecule has 0 heterocycles. The van der Waals surface area contributed by atoms with Crippen molar-refractivity contribution in [2.75, 3.05) is 5.73 Å². The Morgan fingerprint density at radius 1 is 0.654 bits per heavy atom. The number of hydrogen-bond donors (Lipinski definition) is 2. The van der Waals surface area contributed by atoms with Gasteiger partial charge in [0.05, 0.1) is 5.69 Å². The molecule has 3 N–H and O–H groups in total. The summed E-state index contributed by atoms with van der Waals surface area (Å²) in [5, 5.41) is 10.7. The lowest BCUT2D eigenvalue weighted by molar-refractivity contribution is 0.454. The molecule has 0 fully saturated rings. The first kappa shape index (κ1) is 18.1. The van der Waals surface area contributed by atoms with E-state index in [1.165, 1.54) is 5.56 Å². The standard InChI is InChI=1S/C24H27NO/c1-23(2,17-11-7-5-8-12-17)19-15-20(22(26)21(25)16-19)24(3,4)18-13-9-6-10-14-18/h5-16,26H,25H2,1-4H3. The highest BCUT2D eigenvalue weighted by Gasteiger charge is 2.31. The number of anilines is 1. The monoisotopic (exact) mass is 345 g/mol. The van der Waals surface area contributed by atoms with Crippen LogP contribution in [0.5, 0.6) is 5.75 Å². The molecule has 3 aromatic carbocycles. The van der Waals surface area contributed by atoms with E-state index in [2.05, 4.69) is 70.2 Å². The molecule has 0 aliphatic heterocycles. The number of phenolic OH excluding ortho intramolecular Hbond substituents is 1. The molecule has 0 saturated heterocycles. The number of nitrogens with two attached hydrogens (primary N) is 1. The summed E-state index contributed by atoms with van der Waals surface area (Å²) >= 11 is 0. The molecule has 0 atom stereocenters. The van der Waals surface area contributed by atoms with Crippen molar-refractivity contribution in [1.29, 1.82) is 0 Å². The summed E-state index contributed by atoms with van der Waals surface area (Å²) in [6, 6.07) is 24.6. The molecule has 0 bridgehead atoms. The maximum Gasteiger partial charge on any atom is 0.142 e. The molecule has 0 saturated carbocycles. The fourth-order valence-electron chi connectivity index (χ4n) is 3.53. The van der Waals surface area contributed by atoms with Crippen LogP contribution in [0.1, 0.15) is 49.9 Å². The number of benzene rings is 3. The van der Waals surface area contributed by atoms with E-state index in [4.69, 9.17) is 5.73 Å². The van der Waals surface area contributed by atoms with Crippen molar-refractivity contribution in [3.05, 3.63) is 95.1 Å². The number of hydrogen-bond acceptors (Lipinski definition) is 2. The van der Waals surface area contributed by atoms with E-state index < -0.39 is 0 Å². The predicted molar refractivity (Wildman–Crippen MR) is 110 cm³/mol. The van der Waals surface area contributed by atoms with E-state index in [1.807, 2.05) is 30.3 Å². The van der Waals surface area contributed by atoms with Gasteiger partial charge in [0.25, 0.3) is 0 Å². The Morgan fingerprint density at radius 3 is 1.62 bits per heavy atom. The molecule has 0 radical (unpaired) electrons. The Labute approximate surface area is 156 Å². The van der Waals surface area contributed by atoms with Crippen molar-refractivity contribution in [3.8, 4) is 5.75 Å². The molecule has 0 aliphatic rings. The Hall–Kier alpha value is -2.74. The Balaban J connectivity index is 2.17. The fourth-order valence-corrected chi connectivity index (χ4v) is 3.53. The van der Waals surface area contributed by atoms with Gasteiger partial charge in [-0.3, -0.25) is 0 Å². The number of aromatic hydroxyl groups is 1. The molecule has 134 valence electrons. The minimum Gasteiger partial charge on any atom is -0.505 e. The first-order valence-electron chi connectivity index (χ1n) is 8.99. The van der Waals surface area contributed by atoms with Crippen LogP contribution in [-0.2, 0) is 10.8 Å². The average Bonchev–Trinajstić information content (AvgIpc) is 2.65. The van der Waals surface area contributed by atoms with Crippen LogP contribution in [0.2, 0.25) is 0 Å². The molecule has 2 nitrogen and oxygen atoms in total. The highest BCUT2D eigenvalue weighted by atomic mass is 16.3. The van der Waals surface area contributed by atoms with E-state index in [0.717, 1.165) is 16.7 Å². The number of nitrogen functional groups attached to an aromatic ring is 1. The molecule has 0 unspecified atom stereocenters. The highest BCUT2D eigenvalue weighted by Crippen LogP contribution is 2.43. The first-order chi connectivity index (χ1) is 12.2. The third-order valence-electron chi connectivity index (χ3n) is 5.53. The second kappa shape index (κ2) is 6.53. The van der Waals surface area contributed by atoms with Gasteiger partial charge in [0.1, 0.15) is 5.75 Å². The molecule has 0 aliphatic carbocycles. The van der Waals surface area contributed by atoms with Crippen LogP contribution >= 0.6 is 0 Å². The zero-order valence-electron chi connectivity index (χ0n) is 16.0. The van der Waals surface area contributed by atoms with E-state index in [1.54, 1.807) is 0 Å². The summed E-state index contributed by atoms with van der Waals surface area (Å²) in [7, 11) is 0. The molecule has 0 aromatic heterocycles. The Morgan fingerprint density at radius 2 is 1.12 bits per heavy atom. The van der Waals surface area contributed by atoms with Gasteiger partial charge in [-0.25, -0.2) is 0 Å². The highest BCUT2D eigenvalue weighted by molar-refractivity contribution is 5.63. The van der Waals surface area contributed by atoms with Crippen LogP contribution < -0.4 is 5.73 Å². The van der Waals surface area contributed by atoms with Gasteiger partial charge >= 0.3 is 0 Å². The van der Waals surface area contributed by atoms with Crippen LogP contribution in [-0.4, -0.2) is 5.11 Å². The fraction of sp³-hybridized carbons (Fsp3) is 0.250. The van der Waals surface area contributed by atoms with Gasteiger partial charge in [-0.05, 0) is 22.8 Å². The van der Waals surface area contributed by atoms with E-state index >= 15 is 0 Å². The second-order valence-corrected chi connectivity index (χ2v) is 7.94. The van der Waals surface area contributed by atoms with Crippen LogP contribution in [0.3, 0.4) is 0 Å². The zero-order valence-corrected chi connectivity index (χ0v) is 16.0. The normalized spacial score (nSPS) is 12.2. The summed E-state index contributed by atoms with van der Waals surface area (Å²) in [5.41, 5.74) is 10.4. The average molecular weight is 345 g/mol. The topological polar surface area (TPSA) is 46.2 Å². The smallest absolute Gasteiger partial charge is 0.142 e. The second-order valence-electron chi connectivity index (χ2n) is 7.94. The van der Waals surface area contributed by atoms with Crippen molar-refractivity contribution in [2.24, 2.45) is 0 Å². The van der Waals surface area contributed by atoms with Gasteiger partial charge in [0.15, 0.2) is 0 Å². The third kappa shape index (κ3) is 3.08. The van der Waals surface area contributed by atoms with Gasteiger partial charge < -0.3 is 10.8 Å². The van der Waals surface area contributed by atoms with E-state index in [-0.39, 0.29) is 16.6 Å². The van der Waals surface area contributed by atoms with Gasteiger partial charge in [-0.1, -0.05) is 94.4 Å². The van der Waals surface area contributed by atoms with Crippen molar-refractivity contribution < 1.29 is 5.11 Å². The summed E-state index contributed by atoms with van der Waals surface area (Å²) in [5.74, 6) is 0.173. The van der Waals surface area contributed by atoms with Gasteiger partial charge in [-0.2, -0.15) is 0 Å². The molecule has 26 heavy (non-hydrogen) atoms. The van der Waals surface area contributed by atoms with Crippen LogP contribution in [0.4, 0.5) is 5.69 Å². The van der Waals surface area contributed by atoms with Crippen molar-refractivity contribution in [3.63, 3.8) is 0 Å². The summed E-state index contributed by atoms with van der Waals surface area (Å²) < 4.78 is 0. The minimum atomic E-state index is -0.359. The summed E-state index contributed by atoms with van der Waals surface area (Å²) in [4.78, 5) is 0. The SMILES string of the molecule is CC(C)(c1ccccc1)c1cc(N)c(O)c(C(C)(C)c2ccccc2)c1. The molecule has 3 aromatic rings. The Bertz CT molecular complexity index is 896. The molecular weight excluding hydrogens is 318 g/mol. The lowest BCUT2D eigenvalue weighted by Crippen LogP contribution is -2.23. The van der Waals surface area contributed by atoms with Crippen molar-refractivity contribution >= 4 is 5.69 Å². The largest absolute Gasteiger partial charge is 0.505 e. The molecular formula is C24H27NO. The maximum atomic E-state index is 10.7. The molecule has 3 rings (SSSR count). The van der Waals surface area contributed by atoms with Crippen LogP contribution in [0.25, 0.3) is 0 Å². The van der Waals surface area contributed by atoms with Gasteiger partial charge in [-0.15, -0.1) is 0 Å². The lowest BCUT2D eigenvalue weighted by atomic mass is 9.72. The van der Waals surface area contributed by atoms with Crippen molar-refractivity contribution in [2.45, 2.75) is 38.5 Å². The van der Waals surface area contributed by atoms with E-state index in [9.17, 15) is 5.11 Å². The zero-order chi connectivity index (χ0) is 18.9. The molecule has 0 amide bonds. The van der Waals surface area contributed by atoms with Gasteiger partial charge in [0, 0.05) is 16.4 Å². The van der Waals surface area contributed by atoms with Gasteiger partial charge in [0.2, 0.25) is 0 Å². The lowest BCUT2D eigenvalue weighted by Gasteiger charge is -2.32. The maximum absolute atomic E-state index is 10.7. The minimum absolute atomic E-state index is 0.173. The number of rotatable bonds is 4. The molecule has 0 spiro atoms. The van der Waals surface area contributed by atoms with Crippen molar-refractivity contribution in [1.82, 2.24) is 0 Å². The van der Waals surface area contributed by atoms with Crippen LogP contribution in [0, 0.1) is 0 Å². The first-order valence-corrected chi connectivity index (χ1v) is 8.99. The summed E-state index contributed by atoms with van der Waals surface area (Å²) in [6.45, 7) is 8.62. The number of phenols is 1. The Kier molecular flexibility index (Phi) is 4.53.